The summed E-state index contributed by atoms with van der Waals surface area (Å²) in [7, 11) is 0. The lowest BCUT2D eigenvalue weighted by molar-refractivity contribution is -0.144. The summed E-state index contributed by atoms with van der Waals surface area (Å²) in [6.07, 6.45) is -4.55. The van der Waals surface area contributed by atoms with Crippen LogP contribution in [0.1, 0.15) is 24.4 Å². The molecule has 8 heteroatoms. The molecule has 0 spiro atoms. The molecule has 0 amide bonds. The highest BCUT2D eigenvalue weighted by molar-refractivity contribution is 7.09. The Morgan fingerprint density at radius 3 is 2.37 bits per heavy atom. The third-order valence-electron chi connectivity index (χ3n) is 2.39. The largest absolute Gasteiger partial charge is 0.452 e. The summed E-state index contributed by atoms with van der Waals surface area (Å²) in [4.78, 5) is 3.36. The molecule has 2 aromatic rings. The van der Waals surface area contributed by atoms with Crippen LogP contribution >= 0.6 is 11.5 Å². The lowest BCUT2D eigenvalue weighted by Crippen LogP contribution is -2.09. The van der Waals surface area contributed by atoms with Crippen LogP contribution < -0.4 is 5.32 Å². The van der Waals surface area contributed by atoms with Crippen LogP contribution in [0.5, 0.6) is 0 Å². The van der Waals surface area contributed by atoms with E-state index in [9.17, 15) is 17.6 Å². The molecule has 102 valence electrons. The smallest absolute Gasteiger partial charge is 0.354 e. The summed E-state index contributed by atoms with van der Waals surface area (Å²) in [6.45, 7) is 1.74. The van der Waals surface area contributed by atoms with Gasteiger partial charge in [0.1, 0.15) is 5.82 Å². The van der Waals surface area contributed by atoms with Crippen LogP contribution in [0.2, 0.25) is 0 Å². The maximum absolute atomic E-state index is 12.7. The van der Waals surface area contributed by atoms with Crippen molar-refractivity contribution in [2.24, 2.45) is 0 Å². The second kappa shape index (κ2) is 5.12. The summed E-state index contributed by atoms with van der Waals surface area (Å²) in [5.74, 6) is -1.53. The maximum atomic E-state index is 12.7. The van der Waals surface area contributed by atoms with Crippen LogP contribution in [0.15, 0.2) is 24.3 Å². The van der Waals surface area contributed by atoms with Gasteiger partial charge in [-0.15, -0.1) is 0 Å². The summed E-state index contributed by atoms with van der Waals surface area (Å²) >= 11 is 0.636. The lowest BCUT2D eigenvalue weighted by Gasteiger charge is -2.12. The Hall–Kier alpha value is -1.70. The Morgan fingerprint density at radius 2 is 1.84 bits per heavy atom. The van der Waals surface area contributed by atoms with E-state index < -0.39 is 12.0 Å². The fourth-order valence-corrected chi connectivity index (χ4v) is 2.09. The number of aromatic nitrogens is 2. The lowest BCUT2D eigenvalue weighted by atomic mass is 10.1. The highest BCUT2D eigenvalue weighted by Gasteiger charge is 2.36. The van der Waals surface area contributed by atoms with Crippen molar-refractivity contribution in [3.05, 3.63) is 41.5 Å². The molecule has 1 unspecified atom stereocenters. The third-order valence-corrected chi connectivity index (χ3v) is 3.04. The molecule has 0 saturated heterocycles. The number of halogens is 4. The van der Waals surface area contributed by atoms with Gasteiger partial charge >= 0.3 is 6.18 Å². The summed E-state index contributed by atoms with van der Waals surface area (Å²) in [6, 6.07) is 5.38. The standard InChI is InChI=1S/C11H9F4N3S/c1-6(7-2-4-8(12)5-3-7)16-10-17-9(18-19-10)11(13,14)15/h2-6H,1H3,(H,16,17,18). The van der Waals surface area contributed by atoms with E-state index >= 15 is 0 Å². The molecule has 1 aromatic heterocycles. The van der Waals surface area contributed by atoms with Gasteiger partial charge in [-0.3, -0.25) is 0 Å². The molecule has 1 heterocycles. The zero-order valence-corrected chi connectivity index (χ0v) is 10.5. The molecule has 1 aromatic carbocycles. The van der Waals surface area contributed by atoms with Crippen molar-refractivity contribution >= 4 is 16.7 Å². The number of nitrogens with zero attached hydrogens (tertiary/aromatic N) is 2. The van der Waals surface area contributed by atoms with E-state index in [0.29, 0.717) is 11.5 Å². The average Bonchev–Trinajstić information content (AvgIpc) is 2.78. The molecule has 0 saturated carbocycles. The molecule has 0 aliphatic heterocycles. The van der Waals surface area contributed by atoms with Gasteiger partial charge in [-0.25, -0.2) is 4.39 Å². The van der Waals surface area contributed by atoms with Gasteiger partial charge in [0.25, 0.3) is 0 Å². The number of nitrogens with one attached hydrogen (secondary N) is 1. The Labute approximate surface area is 110 Å². The van der Waals surface area contributed by atoms with Crippen LogP contribution in [0, 0.1) is 5.82 Å². The first-order valence-electron chi connectivity index (χ1n) is 5.29. The van der Waals surface area contributed by atoms with E-state index in [-0.39, 0.29) is 17.0 Å². The highest BCUT2D eigenvalue weighted by atomic mass is 32.1. The van der Waals surface area contributed by atoms with E-state index in [4.69, 9.17) is 0 Å². The van der Waals surface area contributed by atoms with E-state index in [1.54, 1.807) is 19.1 Å². The van der Waals surface area contributed by atoms with Crippen molar-refractivity contribution in [2.45, 2.75) is 19.1 Å². The number of anilines is 1. The molecule has 0 bridgehead atoms. The first kappa shape index (κ1) is 13.7. The second-order valence-electron chi connectivity index (χ2n) is 3.84. The van der Waals surface area contributed by atoms with Crippen LogP contribution in [-0.2, 0) is 6.18 Å². The molecule has 2 rings (SSSR count). The van der Waals surface area contributed by atoms with Crippen LogP contribution in [0.4, 0.5) is 22.7 Å². The summed E-state index contributed by atoms with van der Waals surface area (Å²) in [5, 5.41) is 2.87. The monoisotopic (exact) mass is 291 g/mol. The first-order valence-corrected chi connectivity index (χ1v) is 6.06. The average molecular weight is 291 g/mol. The second-order valence-corrected chi connectivity index (χ2v) is 4.59. The van der Waals surface area contributed by atoms with Gasteiger partial charge in [-0.05, 0) is 24.6 Å². The first-order chi connectivity index (χ1) is 8.86. The molecular formula is C11H9F4N3S. The van der Waals surface area contributed by atoms with E-state index in [2.05, 4.69) is 14.7 Å². The van der Waals surface area contributed by atoms with Gasteiger partial charge < -0.3 is 5.32 Å². The number of hydrogen-bond acceptors (Lipinski definition) is 4. The minimum absolute atomic E-state index is 0.0733. The van der Waals surface area contributed by atoms with Crippen molar-refractivity contribution in [3.8, 4) is 0 Å². The van der Waals surface area contributed by atoms with Crippen LogP contribution in [0.3, 0.4) is 0 Å². The predicted octanol–water partition coefficient (Wildman–Crippen LogP) is 3.87. The minimum atomic E-state index is -4.55. The predicted molar refractivity (Wildman–Crippen MR) is 63.3 cm³/mol. The van der Waals surface area contributed by atoms with Gasteiger partial charge in [-0.2, -0.15) is 22.5 Å². The zero-order valence-electron chi connectivity index (χ0n) is 9.70. The number of rotatable bonds is 3. The van der Waals surface area contributed by atoms with E-state index in [1.165, 1.54) is 12.1 Å². The van der Waals surface area contributed by atoms with Crippen molar-refractivity contribution in [3.63, 3.8) is 0 Å². The Bertz CT molecular complexity index is 550. The number of hydrogen-bond donors (Lipinski definition) is 1. The SMILES string of the molecule is CC(Nc1nc(C(F)(F)F)ns1)c1ccc(F)cc1. The van der Waals surface area contributed by atoms with Gasteiger partial charge in [-0.1, -0.05) is 12.1 Å². The highest BCUT2D eigenvalue weighted by Crippen LogP contribution is 2.30. The van der Waals surface area contributed by atoms with Crippen molar-refractivity contribution in [1.29, 1.82) is 0 Å². The molecular weight excluding hydrogens is 282 g/mol. The van der Waals surface area contributed by atoms with Gasteiger partial charge in [0.2, 0.25) is 11.0 Å². The molecule has 0 aliphatic carbocycles. The van der Waals surface area contributed by atoms with E-state index in [1.807, 2.05) is 0 Å². The van der Waals surface area contributed by atoms with Gasteiger partial charge in [0, 0.05) is 11.5 Å². The third kappa shape index (κ3) is 3.40. The minimum Gasteiger partial charge on any atom is -0.354 e. The molecule has 0 radical (unpaired) electrons. The summed E-state index contributed by atoms with van der Waals surface area (Å²) < 4.78 is 52.9. The van der Waals surface area contributed by atoms with Crippen LogP contribution in [0.25, 0.3) is 0 Å². The molecule has 19 heavy (non-hydrogen) atoms. The quantitative estimate of drug-likeness (QED) is 0.872. The fourth-order valence-electron chi connectivity index (χ4n) is 1.42. The topological polar surface area (TPSA) is 37.8 Å². The van der Waals surface area contributed by atoms with Crippen molar-refractivity contribution < 1.29 is 17.6 Å². The summed E-state index contributed by atoms with van der Waals surface area (Å²) in [5.41, 5.74) is 0.741. The van der Waals surface area contributed by atoms with Crippen LogP contribution in [-0.4, -0.2) is 9.36 Å². The Kier molecular flexibility index (Phi) is 3.70. The molecule has 0 aliphatic rings. The van der Waals surface area contributed by atoms with Crippen molar-refractivity contribution in [1.82, 2.24) is 9.36 Å². The Balaban J connectivity index is 2.08. The van der Waals surface area contributed by atoms with Gasteiger partial charge in [0.05, 0.1) is 6.04 Å². The van der Waals surface area contributed by atoms with Gasteiger partial charge in [0.15, 0.2) is 0 Å². The zero-order chi connectivity index (χ0) is 14.0. The maximum Gasteiger partial charge on any atom is 0.452 e. The van der Waals surface area contributed by atoms with Crippen molar-refractivity contribution in [2.75, 3.05) is 5.32 Å². The molecule has 1 atom stereocenters. The Morgan fingerprint density at radius 1 is 1.21 bits per heavy atom. The molecule has 0 fully saturated rings. The number of benzene rings is 1. The number of alkyl halides is 3. The molecule has 1 N–H and O–H groups in total. The molecule has 3 nitrogen and oxygen atoms in total. The normalized spacial score (nSPS) is 13.3. The van der Waals surface area contributed by atoms with E-state index in [0.717, 1.165) is 5.56 Å². The fraction of sp³-hybridized carbons (Fsp3) is 0.273.